The predicted molar refractivity (Wildman–Crippen MR) is 201 cm³/mol. The van der Waals surface area contributed by atoms with E-state index < -0.39 is 48.0 Å². The fraction of sp³-hybridized carbons (Fsp3) is 0.633. The van der Waals surface area contributed by atoms with Gasteiger partial charge in [-0.3, -0.25) is 34.0 Å². The molecule has 1 aromatic rings. The second kappa shape index (κ2) is 25.0. The van der Waals surface area contributed by atoms with Crippen molar-refractivity contribution in [1.82, 2.24) is 30.3 Å². The number of carbonyl (C=O) groups is 4. The molecule has 0 aliphatic carbocycles. The van der Waals surface area contributed by atoms with Crippen LogP contribution >= 0.6 is 48.0 Å². The Hall–Kier alpha value is -2.17. The minimum Gasteiger partial charge on any atom is -0.480 e. The van der Waals surface area contributed by atoms with Gasteiger partial charge in [-0.25, -0.2) is 0 Å². The Morgan fingerprint density at radius 3 is 1.49 bits per heavy atom. The van der Waals surface area contributed by atoms with Gasteiger partial charge in [0.2, 0.25) is 0 Å². The van der Waals surface area contributed by atoms with Gasteiger partial charge in [0.15, 0.2) is 0 Å². The number of nitrogens with two attached hydrogens (primary N) is 2. The average molecular weight is 832 g/mol. The molecule has 1 aromatic heterocycles. The van der Waals surface area contributed by atoms with Gasteiger partial charge in [0.25, 0.3) is 0 Å². The van der Waals surface area contributed by atoms with Crippen LogP contribution in [0.2, 0.25) is 0 Å². The third kappa shape index (κ3) is 18.4. The number of carboxylic acid groups (broad SMARTS) is 4. The number of thiocarbonyl (C=S) groups is 2. The first kappa shape index (κ1) is 46.8. The van der Waals surface area contributed by atoms with Gasteiger partial charge in [-0.05, 0) is 44.9 Å². The molecular formula is C30H48MnN8O8S4. The second-order valence-corrected chi connectivity index (χ2v) is 15.3. The number of fused-ring (bicyclic) bond motifs is 2. The summed E-state index contributed by atoms with van der Waals surface area (Å²) in [6.07, 6.45) is 1.02. The molecular weight excluding hydrogens is 784 g/mol. The topological polar surface area (TPSA) is 248 Å². The molecule has 2 heterocycles. The summed E-state index contributed by atoms with van der Waals surface area (Å²) in [7, 11) is 1.91. The number of nitrogens with zero attached hydrogens (tertiary/aromatic N) is 4. The van der Waals surface area contributed by atoms with Crippen LogP contribution in [0, 0.1) is 0 Å². The number of pyridine rings is 1. The molecule has 2 rings (SSSR count). The van der Waals surface area contributed by atoms with Crippen LogP contribution in [0.25, 0.3) is 0 Å². The van der Waals surface area contributed by atoms with Crippen molar-refractivity contribution in [2.75, 3.05) is 57.8 Å². The number of hydrogen-bond donors (Lipinski definition) is 8. The smallest absolute Gasteiger partial charge is 0.320 e. The maximum atomic E-state index is 12.5. The van der Waals surface area contributed by atoms with E-state index in [0.29, 0.717) is 70.8 Å². The Labute approximate surface area is 327 Å². The molecule has 1 aliphatic rings. The molecule has 0 spiro atoms. The van der Waals surface area contributed by atoms with Crippen molar-refractivity contribution in [1.29, 1.82) is 0 Å². The van der Waals surface area contributed by atoms with Crippen molar-refractivity contribution < 1.29 is 56.7 Å². The minimum atomic E-state index is -1.08. The van der Waals surface area contributed by atoms with E-state index in [4.69, 9.17) is 51.1 Å². The van der Waals surface area contributed by atoms with Gasteiger partial charge in [0.05, 0.1) is 11.4 Å². The summed E-state index contributed by atoms with van der Waals surface area (Å²) >= 11 is 13.2. The first-order chi connectivity index (χ1) is 23.7. The van der Waals surface area contributed by atoms with Crippen molar-refractivity contribution in [3.8, 4) is 0 Å². The molecule has 1 aliphatic heterocycles. The summed E-state index contributed by atoms with van der Waals surface area (Å²) in [6.45, 7) is 3.03. The van der Waals surface area contributed by atoms with E-state index in [0.717, 1.165) is 0 Å². The van der Waals surface area contributed by atoms with Gasteiger partial charge in [-0.1, -0.05) is 54.0 Å². The summed E-state index contributed by atoms with van der Waals surface area (Å²) in [6, 6.07) is 1.86. The van der Waals surface area contributed by atoms with E-state index in [-0.39, 0.29) is 55.8 Å². The van der Waals surface area contributed by atoms with Crippen LogP contribution in [-0.4, -0.2) is 155 Å². The molecule has 1 radical (unpaired) electrons. The molecule has 2 bridgehead atoms. The quantitative estimate of drug-likeness (QED) is 0.0724. The van der Waals surface area contributed by atoms with Gasteiger partial charge in [-0.2, -0.15) is 0 Å². The number of likely N-dealkylation sites (N-methyl/N-ethyl adjacent to an activating group) is 1. The van der Waals surface area contributed by atoms with Crippen LogP contribution in [0.4, 0.5) is 0 Å². The van der Waals surface area contributed by atoms with Crippen molar-refractivity contribution >= 4 is 80.5 Å². The number of thioether (sulfide) groups is 2. The maximum absolute atomic E-state index is 12.5. The van der Waals surface area contributed by atoms with Crippen LogP contribution in [0.15, 0.2) is 18.2 Å². The third-order valence-corrected chi connectivity index (χ3v) is 10.6. The summed E-state index contributed by atoms with van der Waals surface area (Å²) in [5.74, 6) is -3.27. The molecule has 16 nitrogen and oxygen atoms in total. The average Bonchev–Trinajstić information content (AvgIpc) is 3.04. The number of aliphatic carboxylic acids is 4. The minimum absolute atomic E-state index is 0. The Bertz CT molecular complexity index is 1230. The third-order valence-electron chi connectivity index (χ3n) is 7.92. The largest absolute Gasteiger partial charge is 0.480 e. The van der Waals surface area contributed by atoms with Gasteiger partial charge < -0.3 is 47.4 Å². The zero-order chi connectivity index (χ0) is 37.2. The molecule has 2 unspecified atom stereocenters. The summed E-state index contributed by atoms with van der Waals surface area (Å²) in [4.78, 5) is 57.3. The number of rotatable bonds is 18. The Balaban J connectivity index is 0.0000130. The maximum Gasteiger partial charge on any atom is 0.320 e. The van der Waals surface area contributed by atoms with Crippen molar-refractivity contribution in [2.24, 2.45) is 11.5 Å². The Morgan fingerprint density at radius 2 is 1.14 bits per heavy atom. The zero-order valence-corrected chi connectivity index (χ0v) is 32.8. The number of aromatic nitrogens is 1. The van der Waals surface area contributed by atoms with Gasteiger partial charge >= 0.3 is 23.9 Å². The number of carboxylic acids is 4. The summed E-state index contributed by atoms with van der Waals surface area (Å²) in [5.41, 5.74) is 12.4. The van der Waals surface area contributed by atoms with Crippen molar-refractivity contribution in [3.63, 3.8) is 0 Å². The first-order valence-electron chi connectivity index (χ1n) is 16.0. The fourth-order valence-electron chi connectivity index (χ4n) is 4.97. The van der Waals surface area contributed by atoms with Crippen LogP contribution in [0.3, 0.4) is 0 Å². The van der Waals surface area contributed by atoms with E-state index in [1.165, 1.54) is 23.5 Å². The summed E-state index contributed by atoms with van der Waals surface area (Å²) in [5, 5.41) is 44.4. The SMILES string of the molecule is CN1CCN(C(CCNC(=S)SCC[C@H](N)C(=O)O)C(=O)O)Cc2cccc(n2)CN(C(CCNC(=S)SCC[C@H](N)C(=O)O)C(=O)O)CC1.[Mn]. The molecule has 0 saturated carbocycles. The first-order valence-corrected chi connectivity index (χ1v) is 18.8. The molecule has 287 valence electrons. The second-order valence-electron chi connectivity index (χ2n) is 11.7. The molecule has 0 amide bonds. The number of hydrogen-bond acceptors (Lipinski definition) is 14. The molecule has 4 atom stereocenters. The zero-order valence-electron chi connectivity index (χ0n) is 28.3. The van der Waals surface area contributed by atoms with E-state index in [1.807, 2.05) is 39.9 Å². The number of nitrogens with one attached hydrogen (secondary N) is 2. The molecule has 21 heteroatoms. The van der Waals surface area contributed by atoms with Crippen LogP contribution in [-0.2, 0) is 49.3 Å². The predicted octanol–water partition coefficient (Wildman–Crippen LogP) is 0.135. The van der Waals surface area contributed by atoms with Gasteiger partial charge in [0.1, 0.15) is 32.8 Å². The molecule has 10 N–H and O–H groups in total. The van der Waals surface area contributed by atoms with Crippen molar-refractivity contribution in [2.45, 2.75) is 62.9 Å². The van der Waals surface area contributed by atoms with E-state index in [2.05, 4.69) is 10.6 Å². The molecule has 0 aromatic carbocycles. The van der Waals surface area contributed by atoms with E-state index in [9.17, 15) is 29.4 Å². The van der Waals surface area contributed by atoms with E-state index in [1.54, 1.807) is 0 Å². The Kier molecular flexibility index (Phi) is 22.9. The normalized spacial score (nSPS) is 16.9. The standard InChI is InChI=1S/C30H48N8O8S4.Mn/c1-36-11-13-37(23(27(43)44)5-9-33-29(47)49-15-7-21(31)25(39)40)17-19-3-2-4-20(35-19)18-38(14-12-36)24(28(45)46)6-10-34-30(48)50-16-8-22(32)26(41)42;/h2-4,21-24H,5-18,31-32H2,1H3,(H,33,47)(H,34,48)(H,39,40)(H,41,42)(H,43,44)(H,45,46);/t21-,22-,23?,24?;/m0./s1. The molecule has 0 saturated heterocycles. The fourth-order valence-corrected chi connectivity index (χ4v) is 7.20. The van der Waals surface area contributed by atoms with Gasteiger partial charge in [-0.15, -0.1) is 0 Å². The summed E-state index contributed by atoms with van der Waals surface area (Å²) < 4.78 is 0.878. The molecule has 0 fully saturated rings. The van der Waals surface area contributed by atoms with Crippen LogP contribution in [0.5, 0.6) is 0 Å². The van der Waals surface area contributed by atoms with E-state index >= 15 is 0 Å². The van der Waals surface area contributed by atoms with Gasteiger partial charge in [0, 0.05) is 80.9 Å². The Morgan fingerprint density at radius 1 is 0.745 bits per heavy atom. The molecule has 51 heavy (non-hydrogen) atoms. The van der Waals surface area contributed by atoms with Crippen molar-refractivity contribution in [3.05, 3.63) is 29.6 Å². The van der Waals surface area contributed by atoms with Crippen LogP contribution < -0.4 is 22.1 Å². The van der Waals surface area contributed by atoms with Crippen LogP contribution in [0.1, 0.15) is 37.1 Å². The monoisotopic (exact) mass is 831 g/mol.